The van der Waals surface area contributed by atoms with Gasteiger partial charge in [0.15, 0.2) is 0 Å². The molecule has 0 saturated carbocycles. The average Bonchev–Trinajstić information content (AvgIpc) is 3.72. The maximum absolute atomic E-state index is 14.4. The van der Waals surface area contributed by atoms with Gasteiger partial charge in [-0.3, -0.25) is 9.69 Å². The number of carbonyl (C=O) groups excluding carboxylic acids is 2. The normalized spacial score (nSPS) is 17.5. The molecule has 2 heterocycles. The van der Waals surface area contributed by atoms with Crippen LogP contribution >= 0.6 is 23.5 Å². The van der Waals surface area contributed by atoms with E-state index in [1.807, 2.05) is 55.6 Å². The first-order chi connectivity index (χ1) is 31.0. The Bertz CT molecular complexity index is 2140. The van der Waals surface area contributed by atoms with Crippen molar-refractivity contribution in [2.75, 3.05) is 63.3 Å². The summed E-state index contributed by atoms with van der Waals surface area (Å²) in [4.78, 5) is 32.8. The second kappa shape index (κ2) is 22.4. The summed E-state index contributed by atoms with van der Waals surface area (Å²) in [5, 5.41) is 7.13. The highest BCUT2D eigenvalue weighted by atomic mass is 32.2. The third kappa shape index (κ3) is 12.5. The van der Waals surface area contributed by atoms with Crippen LogP contribution in [0.5, 0.6) is 0 Å². The van der Waals surface area contributed by atoms with Crippen LogP contribution in [-0.4, -0.2) is 103 Å². The molecule has 0 unspecified atom stereocenters. The molecule has 3 atom stereocenters. The number of likely N-dealkylation sites (tertiary alicyclic amines) is 1. The predicted octanol–water partition coefficient (Wildman–Crippen LogP) is 10.3. The number of hydrogen-bond donors (Lipinski definition) is 2. The van der Waals surface area contributed by atoms with Gasteiger partial charge < -0.3 is 25.0 Å². The number of anilines is 1. The van der Waals surface area contributed by atoms with E-state index < -0.39 is 10.3 Å². The number of amides is 2. The van der Waals surface area contributed by atoms with Crippen LogP contribution < -0.4 is 10.6 Å². The van der Waals surface area contributed by atoms with E-state index in [1.165, 1.54) is 28.8 Å². The van der Waals surface area contributed by atoms with Gasteiger partial charge in [-0.2, -0.15) is 11.8 Å². The van der Waals surface area contributed by atoms with Crippen LogP contribution in [-0.2, 0) is 27.1 Å². The number of nitrogens with zero attached hydrogens (tertiary/aromatic N) is 2. The van der Waals surface area contributed by atoms with Crippen molar-refractivity contribution >= 4 is 41.2 Å². The Morgan fingerprint density at radius 2 is 1.44 bits per heavy atom. The molecule has 11 heteroatoms. The zero-order valence-corrected chi connectivity index (χ0v) is 39.3. The molecule has 0 bridgehead atoms. The number of thioether (sulfide) groups is 2. The standard InChI is InChI=1S/C53H63FN4O4S2/c1-52(2,3)62-51(60)58-38-48(64-53(41-14-8-5-9-15-41,42-16-10-6-11-17-42)43-18-12-7-13-19-43)35-47(58)36-55-45-27-24-40(23-20-39-21-25-44(54)26-22-39)49(34-45)50(59)56-46(28-33-63-4)37-57-29-31-61-32-30-57/h5-19,21-22,24-27,34,46-48,55H,20,23,28-33,35-38H2,1-4H3,(H,56,59)/t46-,47-,48-/m0/s1. The molecule has 2 fully saturated rings. The topological polar surface area (TPSA) is 83.1 Å². The first kappa shape index (κ1) is 47.2. The fraction of sp³-hybridized carbons (Fsp3) is 0.396. The molecule has 5 aromatic rings. The highest BCUT2D eigenvalue weighted by Crippen LogP contribution is 2.52. The van der Waals surface area contributed by atoms with E-state index in [1.54, 1.807) is 23.9 Å². The number of benzene rings is 5. The van der Waals surface area contributed by atoms with Gasteiger partial charge in [0.2, 0.25) is 0 Å². The Hall–Kier alpha value is -4.81. The lowest BCUT2D eigenvalue weighted by Gasteiger charge is -2.37. The Morgan fingerprint density at radius 1 is 0.828 bits per heavy atom. The van der Waals surface area contributed by atoms with E-state index in [9.17, 15) is 14.0 Å². The third-order valence-electron chi connectivity index (χ3n) is 12.0. The monoisotopic (exact) mass is 902 g/mol. The summed E-state index contributed by atoms with van der Waals surface area (Å²) in [6.45, 7) is 10.5. The molecule has 8 nitrogen and oxygen atoms in total. The summed E-state index contributed by atoms with van der Waals surface area (Å²) in [6, 6.07) is 44.4. The first-order valence-corrected chi connectivity index (χ1v) is 24.8. The van der Waals surface area contributed by atoms with Crippen LogP contribution in [0.3, 0.4) is 0 Å². The summed E-state index contributed by atoms with van der Waals surface area (Å²) >= 11 is 3.68. The van der Waals surface area contributed by atoms with E-state index in [0.717, 1.165) is 55.0 Å². The first-order valence-electron chi connectivity index (χ1n) is 22.6. The van der Waals surface area contributed by atoms with Crippen LogP contribution in [0.15, 0.2) is 133 Å². The van der Waals surface area contributed by atoms with Crippen LogP contribution in [0.4, 0.5) is 14.9 Å². The summed E-state index contributed by atoms with van der Waals surface area (Å²) in [5.41, 5.74) is 6.21. The maximum atomic E-state index is 14.4. The number of hydrogen-bond acceptors (Lipinski definition) is 8. The second-order valence-electron chi connectivity index (χ2n) is 17.8. The maximum Gasteiger partial charge on any atom is 0.410 e. The quantitative estimate of drug-likeness (QED) is 0.0842. The molecule has 338 valence electrons. The number of halogens is 1. The fourth-order valence-electron chi connectivity index (χ4n) is 8.78. The predicted molar refractivity (Wildman–Crippen MR) is 262 cm³/mol. The average molecular weight is 903 g/mol. The van der Waals surface area contributed by atoms with E-state index in [-0.39, 0.29) is 35.2 Å². The molecule has 5 aromatic carbocycles. The van der Waals surface area contributed by atoms with Crippen molar-refractivity contribution < 1.29 is 23.5 Å². The van der Waals surface area contributed by atoms with Crippen molar-refractivity contribution in [1.29, 1.82) is 0 Å². The van der Waals surface area contributed by atoms with E-state index >= 15 is 0 Å². The molecule has 0 radical (unpaired) electrons. The molecule has 7 rings (SSSR count). The van der Waals surface area contributed by atoms with E-state index in [2.05, 4.69) is 113 Å². The van der Waals surface area contributed by atoms with Crippen molar-refractivity contribution in [1.82, 2.24) is 15.1 Å². The van der Waals surface area contributed by atoms with Gasteiger partial charge in [0.1, 0.15) is 11.4 Å². The van der Waals surface area contributed by atoms with Crippen LogP contribution in [0.1, 0.15) is 71.8 Å². The van der Waals surface area contributed by atoms with Gasteiger partial charge in [-0.1, -0.05) is 109 Å². The number of aryl methyl sites for hydroxylation is 2. The van der Waals surface area contributed by atoms with Crippen molar-refractivity contribution in [3.8, 4) is 0 Å². The highest BCUT2D eigenvalue weighted by Gasteiger charge is 2.45. The molecule has 2 saturated heterocycles. The molecular weight excluding hydrogens is 840 g/mol. The summed E-state index contributed by atoms with van der Waals surface area (Å²) in [7, 11) is 0. The van der Waals surface area contributed by atoms with E-state index in [0.29, 0.717) is 44.7 Å². The van der Waals surface area contributed by atoms with Crippen LogP contribution in [0.2, 0.25) is 0 Å². The highest BCUT2D eigenvalue weighted by molar-refractivity contribution is 8.01. The van der Waals surface area contributed by atoms with Gasteiger partial charge in [0, 0.05) is 55.3 Å². The van der Waals surface area contributed by atoms with Gasteiger partial charge in [0.05, 0.1) is 24.0 Å². The Balaban J connectivity index is 1.16. The molecular formula is C53H63FN4O4S2. The number of nitrogens with one attached hydrogen (secondary N) is 2. The van der Waals surface area contributed by atoms with Crippen molar-refractivity contribution in [3.63, 3.8) is 0 Å². The van der Waals surface area contributed by atoms with Gasteiger partial charge in [-0.15, -0.1) is 11.8 Å². The molecule has 0 spiro atoms. The smallest absolute Gasteiger partial charge is 0.410 e. The molecule has 2 N–H and O–H groups in total. The summed E-state index contributed by atoms with van der Waals surface area (Å²) in [6.07, 6.45) is 4.63. The lowest BCUT2D eigenvalue weighted by atomic mass is 9.84. The largest absolute Gasteiger partial charge is 0.444 e. The fourth-order valence-corrected chi connectivity index (χ4v) is 11.2. The zero-order chi connectivity index (χ0) is 44.9. The van der Waals surface area contributed by atoms with Gasteiger partial charge in [-0.05, 0) is 111 Å². The Kier molecular flexibility index (Phi) is 16.5. The minimum Gasteiger partial charge on any atom is -0.444 e. The van der Waals surface area contributed by atoms with Crippen molar-refractivity contribution in [2.24, 2.45) is 0 Å². The minimum absolute atomic E-state index is 0.0234. The molecule has 0 aromatic heterocycles. The Labute approximate surface area is 388 Å². The number of morpholine rings is 1. The van der Waals surface area contributed by atoms with Gasteiger partial charge in [-0.25, -0.2) is 9.18 Å². The summed E-state index contributed by atoms with van der Waals surface area (Å²) < 4.78 is 24.9. The zero-order valence-electron chi connectivity index (χ0n) is 37.6. The molecule has 2 aliphatic rings. The van der Waals surface area contributed by atoms with Gasteiger partial charge in [0.25, 0.3) is 5.91 Å². The molecule has 0 aliphatic carbocycles. The lowest BCUT2D eigenvalue weighted by Crippen LogP contribution is -2.47. The third-order valence-corrected chi connectivity index (χ3v) is 14.3. The Morgan fingerprint density at radius 3 is 2.02 bits per heavy atom. The second-order valence-corrected chi connectivity index (χ2v) is 20.3. The SMILES string of the molecule is CSCC[C@@H](CN1CCOCC1)NC(=O)c1cc(NC[C@@H]2C[C@H](SC(c3ccccc3)(c3ccccc3)c3ccccc3)CN2C(=O)OC(C)(C)C)ccc1CCc1ccc(F)cc1. The van der Waals surface area contributed by atoms with Crippen molar-refractivity contribution in [2.45, 2.75) is 74.1 Å². The van der Waals surface area contributed by atoms with E-state index in [4.69, 9.17) is 9.47 Å². The van der Waals surface area contributed by atoms with Crippen LogP contribution in [0.25, 0.3) is 0 Å². The van der Waals surface area contributed by atoms with Crippen LogP contribution in [0, 0.1) is 5.82 Å². The number of carbonyl (C=O) groups is 2. The van der Waals surface area contributed by atoms with Gasteiger partial charge >= 0.3 is 6.09 Å². The molecule has 2 aliphatic heterocycles. The lowest BCUT2D eigenvalue weighted by molar-refractivity contribution is 0.0235. The number of ether oxygens (including phenoxy) is 2. The number of rotatable bonds is 18. The molecule has 64 heavy (non-hydrogen) atoms. The summed E-state index contributed by atoms with van der Waals surface area (Å²) in [5.74, 6) is 0.562. The van der Waals surface area contributed by atoms with Crippen molar-refractivity contribution in [3.05, 3.63) is 173 Å². The molecule has 2 amide bonds. The minimum atomic E-state index is -0.663.